The third-order valence-corrected chi connectivity index (χ3v) is 2.43. The van der Waals surface area contributed by atoms with Gasteiger partial charge in [0.15, 0.2) is 6.39 Å². The molecule has 0 bridgehead atoms. The highest BCUT2D eigenvalue weighted by atomic mass is 16.3. The van der Waals surface area contributed by atoms with E-state index in [1.165, 1.54) is 12.6 Å². The number of rotatable bonds is 1. The molecule has 1 aromatic heterocycles. The van der Waals surface area contributed by atoms with Gasteiger partial charge in [0.2, 0.25) is 5.76 Å². The van der Waals surface area contributed by atoms with E-state index in [-0.39, 0.29) is 5.91 Å². The Morgan fingerprint density at radius 3 is 2.71 bits per heavy atom. The fraction of sp³-hybridized carbons (Fsp3) is 0.556. The number of oxazole rings is 1. The van der Waals surface area contributed by atoms with Crippen molar-refractivity contribution in [3.05, 3.63) is 18.4 Å². The molecule has 1 saturated heterocycles. The van der Waals surface area contributed by atoms with Gasteiger partial charge in [-0.25, -0.2) is 4.98 Å². The third kappa shape index (κ3) is 1.77. The summed E-state index contributed by atoms with van der Waals surface area (Å²) in [6, 6.07) is 0. The van der Waals surface area contributed by atoms with Crippen molar-refractivity contribution in [3.63, 3.8) is 0 Å². The van der Waals surface area contributed by atoms with Gasteiger partial charge in [0.25, 0.3) is 5.91 Å². The molecule has 1 aromatic rings. The molecule has 0 aromatic carbocycles. The first-order valence-corrected chi connectivity index (χ1v) is 4.63. The molecule has 0 spiro atoms. The fourth-order valence-corrected chi connectivity index (χ4v) is 1.49. The zero-order valence-electron chi connectivity index (χ0n) is 8.14. The molecule has 2 rings (SSSR count). The average Bonchev–Trinajstić information content (AvgIpc) is 2.71. The van der Waals surface area contributed by atoms with Gasteiger partial charge in [-0.15, -0.1) is 0 Å². The summed E-state index contributed by atoms with van der Waals surface area (Å²) in [7, 11) is 2.05. The van der Waals surface area contributed by atoms with Crippen LogP contribution in [0.1, 0.15) is 10.6 Å². The van der Waals surface area contributed by atoms with Gasteiger partial charge < -0.3 is 14.2 Å². The molecule has 0 saturated carbocycles. The van der Waals surface area contributed by atoms with Crippen molar-refractivity contribution < 1.29 is 9.21 Å². The number of carbonyl (C=O) groups excluding carboxylic acids is 1. The summed E-state index contributed by atoms with van der Waals surface area (Å²) >= 11 is 0. The van der Waals surface area contributed by atoms with Crippen molar-refractivity contribution >= 4 is 5.91 Å². The number of nitrogens with zero attached hydrogens (tertiary/aromatic N) is 3. The van der Waals surface area contributed by atoms with E-state index in [1.807, 2.05) is 0 Å². The van der Waals surface area contributed by atoms with Crippen LogP contribution in [0, 0.1) is 0 Å². The second-order valence-corrected chi connectivity index (χ2v) is 3.46. The molecule has 0 aliphatic carbocycles. The zero-order chi connectivity index (χ0) is 9.97. The van der Waals surface area contributed by atoms with Crippen molar-refractivity contribution in [2.45, 2.75) is 0 Å². The Kier molecular flexibility index (Phi) is 2.49. The van der Waals surface area contributed by atoms with Crippen LogP contribution in [0.2, 0.25) is 0 Å². The van der Waals surface area contributed by atoms with E-state index in [9.17, 15) is 4.79 Å². The Morgan fingerprint density at radius 1 is 1.43 bits per heavy atom. The van der Waals surface area contributed by atoms with Crippen molar-refractivity contribution in [1.82, 2.24) is 14.8 Å². The number of hydrogen-bond donors (Lipinski definition) is 0. The lowest BCUT2D eigenvalue weighted by Gasteiger charge is -2.31. The van der Waals surface area contributed by atoms with E-state index in [1.54, 1.807) is 4.90 Å². The maximum Gasteiger partial charge on any atom is 0.291 e. The Hall–Kier alpha value is -1.36. The highest BCUT2D eigenvalue weighted by Gasteiger charge is 2.22. The second kappa shape index (κ2) is 3.79. The van der Waals surface area contributed by atoms with Gasteiger partial charge in [0.1, 0.15) is 0 Å². The minimum Gasteiger partial charge on any atom is -0.438 e. The highest BCUT2D eigenvalue weighted by molar-refractivity contribution is 5.91. The Balaban J connectivity index is 1.99. The predicted octanol–water partition coefficient (Wildman–Crippen LogP) is 0.0622. The number of piperazine rings is 1. The standard InChI is InChI=1S/C9H13N3O2/c1-11-2-4-12(5-3-11)9(13)8-6-10-7-14-8/h6-7H,2-5H2,1H3. The van der Waals surface area contributed by atoms with Crippen LogP contribution in [-0.2, 0) is 0 Å². The highest BCUT2D eigenvalue weighted by Crippen LogP contribution is 2.06. The summed E-state index contributed by atoms with van der Waals surface area (Å²) in [5, 5.41) is 0. The van der Waals surface area contributed by atoms with Crippen LogP contribution < -0.4 is 0 Å². The van der Waals surface area contributed by atoms with Crippen molar-refractivity contribution in [2.24, 2.45) is 0 Å². The van der Waals surface area contributed by atoms with E-state index >= 15 is 0 Å². The monoisotopic (exact) mass is 195 g/mol. The number of hydrogen-bond acceptors (Lipinski definition) is 4. The first kappa shape index (κ1) is 9.21. The first-order chi connectivity index (χ1) is 6.77. The average molecular weight is 195 g/mol. The molecule has 5 nitrogen and oxygen atoms in total. The van der Waals surface area contributed by atoms with Gasteiger partial charge in [-0.2, -0.15) is 0 Å². The van der Waals surface area contributed by atoms with Crippen LogP contribution in [0.25, 0.3) is 0 Å². The molecule has 1 amide bonds. The normalized spacial score (nSPS) is 18.5. The zero-order valence-corrected chi connectivity index (χ0v) is 8.14. The van der Waals surface area contributed by atoms with Crippen LogP contribution in [0.4, 0.5) is 0 Å². The maximum atomic E-state index is 11.7. The lowest BCUT2D eigenvalue weighted by molar-refractivity contribution is 0.0632. The number of carbonyl (C=O) groups is 1. The van der Waals surface area contributed by atoms with E-state index < -0.39 is 0 Å². The third-order valence-electron chi connectivity index (χ3n) is 2.43. The van der Waals surface area contributed by atoms with Gasteiger partial charge in [-0.3, -0.25) is 4.79 Å². The molecule has 0 unspecified atom stereocenters. The molecule has 1 aliphatic rings. The molecule has 76 valence electrons. The molecular weight excluding hydrogens is 182 g/mol. The first-order valence-electron chi connectivity index (χ1n) is 4.63. The number of likely N-dealkylation sites (N-methyl/N-ethyl adjacent to an activating group) is 1. The molecule has 0 atom stereocenters. The van der Waals surface area contributed by atoms with E-state index in [2.05, 4.69) is 16.9 Å². The van der Waals surface area contributed by atoms with E-state index in [0.29, 0.717) is 5.76 Å². The van der Waals surface area contributed by atoms with Gasteiger partial charge in [-0.1, -0.05) is 0 Å². The van der Waals surface area contributed by atoms with Crippen LogP contribution in [0.3, 0.4) is 0 Å². The Bertz CT molecular complexity index is 302. The van der Waals surface area contributed by atoms with Crippen molar-refractivity contribution in [3.8, 4) is 0 Å². The minimum absolute atomic E-state index is 0.0596. The number of amides is 1. The topological polar surface area (TPSA) is 49.6 Å². The molecule has 5 heteroatoms. The molecule has 0 radical (unpaired) electrons. The van der Waals surface area contributed by atoms with Crippen molar-refractivity contribution in [2.75, 3.05) is 33.2 Å². The Labute approximate surface area is 82.3 Å². The van der Waals surface area contributed by atoms with E-state index in [0.717, 1.165) is 26.2 Å². The maximum absolute atomic E-state index is 11.7. The summed E-state index contributed by atoms with van der Waals surface area (Å²) in [6.45, 7) is 3.35. The smallest absolute Gasteiger partial charge is 0.291 e. The Morgan fingerprint density at radius 2 is 2.14 bits per heavy atom. The van der Waals surface area contributed by atoms with E-state index in [4.69, 9.17) is 4.42 Å². The summed E-state index contributed by atoms with van der Waals surface area (Å²) < 4.78 is 4.96. The lowest BCUT2D eigenvalue weighted by atomic mass is 10.3. The summed E-state index contributed by atoms with van der Waals surface area (Å²) in [5.74, 6) is 0.269. The molecule has 2 heterocycles. The van der Waals surface area contributed by atoms with Crippen LogP contribution in [0.15, 0.2) is 17.0 Å². The van der Waals surface area contributed by atoms with Gasteiger partial charge in [0, 0.05) is 26.2 Å². The fourth-order valence-electron chi connectivity index (χ4n) is 1.49. The largest absolute Gasteiger partial charge is 0.438 e. The number of aromatic nitrogens is 1. The molecule has 1 aliphatic heterocycles. The van der Waals surface area contributed by atoms with Gasteiger partial charge in [0.05, 0.1) is 6.20 Å². The molecule has 1 fully saturated rings. The summed E-state index contributed by atoms with van der Waals surface area (Å²) in [5.41, 5.74) is 0. The van der Waals surface area contributed by atoms with Crippen LogP contribution in [-0.4, -0.2) is 53.9 Å². The minimum atomic E-state index is -0.0596. The van der Waals surface area contributed by atoms with Gasteiger partial charge in [-0.05, 0) is 7.05 Å². The summed E-state index contributed by atoms with van der Waals surface area (Å²) in [6.07, 6.45) is 2.74. The predicted molar refractivity (Wildman–Crippen MR) is 49.9 cm³/mol. The molecular formula is C9H13N3O2. The summed E-state index contributed by atoms with van der Waals surface area (Å²) in [4.78, 5) is 19.5. The lowest BCUT2D eigenvalue weighted by Crippen LogP contribution is -2.47. The van der Waals surface area contributed by atoms with Crippen molar-refractivity contribution in [1.29, 1.82) is 0 Å². The SMILES string of the molecule is CN1CCN(C(=O)c2cnco2)CC1. The van der Waals surface area contributed by atoms with Gasteiger partial charge >= 0.3 is 0 Å². The quantitative estimate of drug-likeness (QED) is 0.636. The van der Waals surface area contributed by atoms with Crippen LogP contribution >= 0.6 is 0 Å². The second-order valence-electron chi connectivity index (χ2n) is 3.46. The molecule has 14 heavy (non-hydrogen) atoms. The molecule has 0 N–H and O–H groups in total. The van der Waals surface area contributed by atoms with Crippen LogP contribution in [0.5, 0.6) is 0 Å².